The van der Waals surface area contributed by atoms with Gasteiger partial charge in [0.2, 0.25) is 0 Å². The number of halogens is 1. The maximum absolute atomic E-state index is 6.00. The van der Waals surface area contributed by atoms with Crippen molar-refractivity contribution in [3.05, 3.63) is 35.9 Å². The first-order valence-electron chi connectivity index (χ1n) is 8.54. The van der Waals surface area contributed by atoms with E-state index in [9.17, 15) is 0 Å². The predicted molar refractivity (Wildman–Crippen MR) is 95.3 cm³/mol. The highest BCUT2D eigenvalue weighted by atomic mass is 35.5. The number of nitrogens with two attached hydrogens (primary N) is 1. The molecule has 1 heterocycles. The second-order valence-corrected chi connectivity index (χ2v) is 6.84. The molecule has 1 aliphatic carbocycles. The van der Waals surface area contributed by atoms with Gasteiger partial charge in [0.25, 0.3) is 0 Å². The van der Waals surface area contributed by atoms with Crippen LogP contribution in [-0.2, 0) is 6.54 Å². The molecule has 1 aliphatic heterocycles. The summed E-state index contributed by atoms with van der Waals surface area (Å²) >= 11 is 0. The van der Waals surface area contributed by atoms with Crippen LogP contribution in [0.2, 0.25) is 0 Å². The maximum atomic E-state index is 6.00. The lowest BCUT2D eigenvalue weighted by atomic mass is 9.86. The molecule has 4 heteroatoms. The Bertz CT molecular complexity index is 410. The van der Waals surface area contributed by atoms with Crippen molar-refractivity contribution in [1.29, 1.82) is 0 Å². The molecule has 2 aliphatic rings. The monoisotopic (exact) mass is 323 g/mol. The standard InChI is InChI=1S/C18H29N3.ClH/c19-18-8-6-17(7-9-18)15-21-12-10-20(11-13-21)14-16-4-2-1-3-5-16;/h1-5,17-18H,6-15,19H2;1H/t17-,18-;. The van der Waals surface area contributed by atoms with E-state index in [4.69, 9.17) is 5.73 Å². The van der Waals surface area contributed by atoms with Crippen molar-refractivity contribution >= 4 is 12.4 Å². The van der Waals surface area contributed by atoms with Crippen molar-refractivity contribution in [2.45, 2.75) is 38.3 Å². The zero-order valence-electron chi connectivity index (χ0n) is 13.5. The molecule has 1 aromatic carbocycles. The summed E-state index contributed by atoms with van der Waals surface area (Å²) in [4.78, 5) is 5.26. The molecule has 0 unspecified atom stereocenters. The maximum Gasteiger partial charge on any atom is 0.0234 e. The van der Waals surface area contributed by atoms with Crippen LogP contribution in [0.25, 0.3) is 0 Å². The summed E-state index contributed by atoms with van der Waals surface area (Å²) in [6.45, 7) is 7.28. The molecule has 0 spiro atoms. The number of piperazine rings is 1. The van der Waals surface area contributed by atoms with Gasteiger partial charge < -0.3 is 10.6 Å². The lowest BCUT2D eigenvalue weighted by Gasteiger charge is -2.37. The second kappa shape index (κ2) is 8.88. The van der Waals surface area contributed by atoms with Gasteiger partial charge >= 0.3 is 0 Å². The summed E-state index contributed by atoms with van der Waals surface area (Å²) in [6, 6.07) is 11.3. The number of nitrogens with zero attached hydrogens (tertiary/aromatic N) is 2. The summed E-state index contributed by atoms with van der Waals surface area (Å²) < 4.78 is 0. The van der Waals surface area contributed by atoms with E-state index in [1.807, 2.05) is 0 Å². The van der Waals surface area contributed by atoms with E-state index in [0.717, 1.165) is 12.5 Å². The van der Waals surface area contributed by atoms with E-state index in [1.54, 1.807) is 0 Å². The number of benzene rings is 1. The Morgan fingerprint density at radius 1 is 0.864 bits per heavy atom. The van der Waals surface area contributed by atoms with Crippen molar-refractivity contribution in [2.24, 2.45) is 11.7 Å². The third kappa shape index (κ3) is 5.24. The Kier molecular flexibility index (Phi) is 7.16. The predicted octanol–water partition coefficient (Wildman–Crippen LogP) is 2.74. The molecule has 0 bridgehead atoms. The van der Waals surface area contributed by atoms with Crippen molar-refractivity contribution < 1.29 is 0 Å². The molecule has 0 aromatic heterocycles. The fourth-order valence-corrected chi connectivity index (χ4v) is 3.71. The second-order valence-electron chi connectivity index (χ2n) is 6.84. The molecule has 1 aromatic rings. The molecule has 124 valence electrons. The highest BCUT2D eigenvalue weighted by Gasteiger charge is 2.23. The van der Waals surface area contributed by atoms with Crippen LogP contribution in [0.3, 0.4) is 0 Å². The van der Waals surface area contributed by atoms with Gasteiger partial charge in [-0.2, -0.15) is 0 Å². The molecule has 2 fully saturated rings. The molecule has 1 saturated heterocycles. The summed E-state index contributed by atoms with van der Waals surface area (Å²) in [6.07, 6.45) is 5.15. The van der Waals surface area contributed by atoms with Crippen molar-refractivity contribution in [3.63, 3.8) is 0 Å². The average Bonchev–Trinajstić information content (AvgIpc) is 2.53. The molecule has 0 radical (unpaired) electrons. The first-order valence-corrected chi connectivity index (χ1v) is 8.54. The van der Waals surface area contributed by atoms with Gasteiger partial charge in [-0.3, -0.25) is 4.90 Å². The van der Waals surface area contributed by atoms with Crippen LogP contribution in [-0.4, -0.2) is 48.6 Å². The fraction of sp³-hybridized carbons (Fsp3) is 0.667. The molecule has 1 saturated carbocycles. The van der Waals surface area contributed by atoms with E-state index in [-0.39, 0.29) is 12.4 Å². The van der Waals surface area contributed by atoms with E-state index < -0.39 is 0 Å². The van der Waals surface area contributed by atoms with Crippen molar-refractivity contribution in [2.75, 3.05) is 32.7 Å². The quantitative estimate of drug-likeness (QED) is 0.924. The van der Waals surface area contributed by atoms with Gasteiger partial charge in [-0.05, 0) is 37.2 Å². The lowest BCUT2D eigenvalue weighted by Crippen LogP contribution is -2.47. The van der Waals surface area contributed by atoms with E-state index in [2.05, 4.69) is 40.1 Å². The molecule has 3 rings (SSSR count). The highest BCUT2D eigenvalue weighted by Crippen LogP contribution is 2.24. The summed E-state index contributed by atoms with van der Waals surface area (Å²) in [5, 5.41) is 0. The van der Waals surface area contributed by atoms with E-state index in [1.165, 1.54) is 64.0 Å². The van der Waals surface area contributed by atoms with Crippen LogP contribution in [0, 0.1) is 5.92 Å². The smallest absolute Gasteiger partial charge is 0.0234 e. The molecule has 2 N–H and O–H groups in total. The minimum atomic E-state index is 0. The molecule has 0 amide bonds. The fourth-order valence-electron chi connectivity index (χ4n) is 3.71. The minimum Gasteiger partial charge on any atom is -0.328 e. The molecular weight excluding hydrogens is 294 g/mol. The Morgan fingerprint density at radius 2 is 1.45 bits per heavy atom. The van der Waals surface area contributed by atoms with E-state index >= 15 is 0 Å². The summed E-state index contributed by atoms with van der Waals surface area (Å²) in [5.41, 5.74) is 7.44. The van der Waals surface area contributed by atoms with Crippen LogP contribution in [0.4, 0.5) is 0 Å². The van der Waals surface area contributed by atoms with Crippen molar-refractivity contribution in [3.8, 4) is 0 Å². The number of hydrogen-bond donors (Lipinski definition) is 1. The Labute approximate surface area is 141 Å². The number of rotatable bonds is 4. The molecule has 22 heavy (non-hydrogen) atoms. The average molecular weight is 324 g/mol. The van der Waals surface area contributed by atoms with Crippen molar-refractivity contribution in [1.82, 2.24) is 9.80 Å². The lowest BCUT2D eigenvalue weighted by molar-refractivity contribution is 0.104. The Hall–Kier alpha value is -0.610. The Balaban J connectivity index is 0.00000176. The van der Waals surface area contributed by atoms with Crippen LogP contribution >= 0.6 is 12.4 Å². The number of hydrogen-bond acceptors (Lipinski definition) is 3. The molecular formula is C18H30ClN3. The summed E-state index contributed by atoms with van der Waals surface area (Å²) in [5.74, 6) is 0.894. The van der Waals surface area contributed by atoms with Crippen LogP contribution in [0.5, 0.6) is 0 Å². The van der Waals surface area contributed by atoms with Crippen LogP contribution in [0.1, 0.15) is 31.2 Å². The van der Waals surface area contributed by atoms with Gasteiger partial charge in [-0.15, -0.1) is 12.4 Å². The van der Waals surface area contributed by atoms with Crippen LogP contribution < -0.4 is 5.73 Å². The van der Waals surface area contributed by atoms with E-state index in [0.29, 0.717) is 6.04 Å². The minimum absolute atomic E-state index is 0. The highest BCUT2D eigenvalue weighted by molar-refractivity contribution is 5.85. The first-order chi connectivity index (χ1) is 10.3. The first kappa shape index (κ1) is 17.7. The normalized spacial score (nSPS) is 27.3. The summed E-state index contributed by atoms with van der Waals surface area (Å²) in [7, 11) is 0. The third-order valence-corrected chi connectivity index (χ3v) is 5.12. The largest absolute Gasteiger partial charge is 0.328 e. The van der Waals surface area contributed by atoms with Gasteiger partial charge in [-0.25, -0.2) is 0 Å². The van der Waals surface area contributed by atoms with Gasteiger partial charge in [0.05, 0.1) is 0 Å². The van der Waals surface area contributed by atoms with Gasteiger partial charge in [0, 0.05) is 45.3 Å². The van der Waals surface area contributed by atoms with Gasteiger partial charge in [-0.1, -0.05) is 30.3 Å². The molecule has 3 nitrogen and oxygen atoms in total. The topological polar surface area (TPSA) is 32.5 Å². The van der Waals surface area contributed by atoms with Gasteiger partial charge in [0.1, 0.15) is 0 Å². The van der Waals surface area contributed by atoms with Crippen LogP contribution in [0.15, 0.2) is 30.3 Å². The third-order valence-electron chi connectivity index (χ3n) is 5.12. The SMILES string of the molecule is Cl.N[C@H]1CC[C@H](CN2CCN(Cc3ccccc3)CC2)CC1. The Morgan fingerprint density at radius 3 is 2.09 bits per heavy atom. The van der Waals surface area contributed by atoms with Gasteiger partial charge in [0.15, 0.2) is 0 Å². The molecule has 0 atom stereocenters. The zero-order chi connectivity index (χ0) is 14.5. The zero-order valence-corrected chi connectivity index (χ0v) is 14.3.